The van der Waals surface area contributed by atoms with E-state index in [2.05, 4.69) is 28.2 Å². The first-order chi connectivity index (χ1) is 15.7. The Balaban J connectivity index is 1.49. The molecular formula is C27H23ClN2O2. The lowest BCUT2D eigenvalue weighted by atomic mass is 9.78. The average molecular weight is 443 g/mol. The number of ether oxygens (including phenoxy) is 1. The maximum absolute atomic E-state index is 12.6. The molecule has 2 atom stereocenters. The maximum Gasteiger partial charge on any atom is 0.163 e. The minimum atomic E-state index is -0.204. The maximum atomic E-state index is 12.6. The van der Waals surface area contributed by atoms with Crippen LogP contribution in [0.2, 0.25) is 5.02 Å². The highest BCUT2D eigenvalue weighted by Crippen LogP contribution is 2.39. The summed E-state index contributed by atoms with van der Waals surface area (Å²) in [5, 5.41) is 0.705. The monoisotopic (exact) mass is 442 g/mol. The molecule has 5 rings (SSSR count). The normalized spacial score (nSPS) is 16.4. The van der Waals surface area contributed by atoms with Gasteiger partial charge in [-0.3, -0.25) is 4.79 Å². The van der Waals surface area contributed by atoms with Crippen LogP contribution in [0.5, 0.6) is 5.75 Å². The number of fused-ring (bicyclic) bond motifs is 1. The Kier molecular flexibility index (Phi) is 5.78. The molecule has 32 heavy (non-hydrogen) atoms. The van der Waals surface area contributed by atoms with E-state index in [9.17, 15) is 4.79 Å². The summed E-state index contributed by atoms with van der Waals surface area (Å²) in [4.78, 5) is 20.2. The Morgan fingerprint density at radius 3 is 2.72 bits per heavy atom. The number of hydrogen-bond acceptors (Lipinski definition) is 3. The van der Waals surface area contributed by atoms with Gasteiger partial charge in [0.25, 0.3) is 0 Å². The summed E-state index contributed by atoms with van der Waals surface area (Å²) in [6, 6.07) is 23.9. The van der Waals surface area contributed by atoms with E-state index in [4.69, 9.17) is 16.3 Å². The van der Waals surface area contributed by atoms with Gasteiger partial charge in [0.1, 0.15) is 17.7 Å². The largest absolute Gasteiger partial charge is 0.485 e. The molecule has 1 heterocycles. The van der Waals surface area contributed by atoms with Crippen molar-refractivity contribution >= 4 is 17.4 Å². The molecule has 0 spiro atoms. The van der Waals surface area contributed by atoms with Crippen molar-refractivity contribution in [2.24, 2.45) is 0 Å². The number of aromatic nitrogens is 2. The number of aromatic amines is 1. The predicted octanol–water partition coefficient (Wildman–Crippen LogP) is 6.53. The van der Waals surface area contributed by atoms with E-state index in [0.29, 0.717) is 17.9 Å². The number of nitrogens with one attached hydrogen (secondary N) is 1. The van der Waals surface area contributed by atoms with Crippen LogP contribution in [0.4, 0.5) is 0 Å². The second-order valence-electron chi connectivity index (χ2n) is 8.08. The van der Waals surface area contributed by atoms with Crippen LogP contribution >= 0.6 is 11.6 Å². The second kappa shape index (κ2) is 9.01. The first kappa shape index (κ1) is 20.5. The molecular weight excluding hydrogens is 420 g/mol. The number of benzene rings is 3. The molecule has 160 valence electrons. The van der Waals surface area contributed by atoms with Crippen LogP contribution in [0.1, 0.15) is 57.7 Å². The van der Waals surface area contributed by atoms with Crippen molar-refractivity contribution in [3.05, 3.63) is 118 Å². The molecule has 1 N–H and O–H groups in total. The van der Waals surface area contributed by atoms with Gasteiger partial charge in [-0.05, 0) is 53.4 Å². The molecule has 4 nitrogen and oxygen atoms in total. The number of hydrogen-bond donors (Lipinski definition) is 1. The molecule has 1 aromatic heterocycles. The summed E-state index contributed by atoms with van der Waals surface area (Å²) in [5.74, 6) is 1.90. The lowest BCUT2D eigenvalue weighted by Gasteiger charge is -2.27. The highest BCUT2D eigenvalue weighted by Gasteiger charge is 2.28. The van der Waals surface area contributed by atoms with Crippen LogP contribution in [0.25, 0.3) is 0 Å². The average Bonchev–Trinajstić information content (AvgIpc) is 3.33. The van der Waals surface area contributed by atoms with Gasteiger partial charge in [0, 0.05) is 41.7 Å². The fraction of sp³-hybridized carbons (Fsp3) is 0.185. The molecule has 0 saturated carbocycles. The SMILES string of the molecule is O=C1CCC(c2cccc(Cl)c2)c2cc(O[C@@H](Cc3ncc[nH]3)c3ccccc3)ccc21. The summed E-state index contributed by atoms with van der Waals surface area (Å²) in [5.41, 5.74) is 3.98. The van der Waals surface area contributed by atoms with E-state index in [1.54, 1.807) is 6.20 Å². The van der Waals surface area contributed by atoms with Gasteiger partial charge in [-0.15, -0.1) is 0 Å². The quantitative estimate of drug-likeness (QED) is 0.369. The molecule has 0 amide bonds. The van der Waals surface area contributed by atoms with Crippen molar-refractivity contribution < 1.29 is 9.53 Å². The van der Waals surface area contributed by atoms with Crippen molar-refractivity contribution in [3.8, 4) is 5.75 Å². The molecule has 0 bridgehead atoms. The van der Waals surface area contributed by atoms with Crippen molar-refractivity contribution in [2.75, 3.05) is 0 Å². The number of nitrogens with zero attached hydrogens (tertiary/aromatic N) is 1. The Labute approximate surface area is 192 Å². The van der Waals surface area contributed by atoms with Gasteiger partial charge in [-0.2, -0.15) is 0 Å². The first-order valence-electron chi connectivity index (χ1n) is 10.8. The van der Waals surface area contributed by atoms with E-state index in [-0.39, 0.29) is 17.8 Å². The van der Waals surface area contributed by atoms with Crippen molar-refractivity contribution in [2.45, 2.75) is 31.3 Å². The molecule has 1 aliphatic carbocycles. The zero-order chi connectivity index (χ0) is 21.9. The Bertz CT molecular complexity index is 1220. The molecule has 0 saturated heterocycles. The number of rotatable bonds is 6. The van der Waals surface area contributed by atoms with Crippen LogP contribution in [0, 0.1) is 0 Å². The fourth-order valence-corrected chi connectivity index (χ4v) is 4.63. The highest BCUT2D eigenvalue weighted by molar-refractivity contribution is 6.30. The molecule has 0 fully saturated rings. The molecule has 1 aliphatic rings. The second-order valence-corrected chi connectivity index (χ2v) is 8.51. The third-order valence-electron chi connectivity index (χ3n) is 5.99. The van der Waals surface area contributed by atoms with Crippen LogP contribution < -0.4 is 4.74 Å². The highest BCUT2D eigenvalue weighted by atomic mass is 35.5. The smallest absolute Gasteiger partial charge is 0.163 e. The zero-order valence-corrected chi connectivity index (χ0v) is 18.3. The molecule has 4 aromatic rings. The van der Waals surface area contributed by atoms with Gasteiger partial charge < -0.3 is 9.72 Å². The summed E-state index contributed by atoms with van der Waals surface area (Å²) >= 11 is 6.25. The van der Waals surface area contributed by atoms with Crippen LogP contribution in [0.3, 0.4) is 0 Å². The minimum Gasteiger partial charge on any atom is -0.485 e. The number of imidazole rings is 1. The van der Waals surface area contributed by atoms with E-state index in [0.717, 1.165) is 40.2 Å². The van der Waals surface area contributed by atoms with Crippen LogP contribution in [-0.4, -0.2) is 15.8 Å². The van der Waals surface area contributed by atoms with Crippen molar-refractivity contribution in [1.29, 1.82) is 0 Å². The topological polar surface area (TPSA) is 55.0 Å². The number of Topliss-reactive ketones (excluding diaryl/α,β-unsaturated/α-hetero) is 1. The van der Waals surface area contributed by atoms with E-state index < -0.39 is 0 Å². The number of H-pyrrole nitrogens is 1. The van der Waals surface area contributed by atoms with Gasteiger partial charge in [-0.25, -0.2) is 4.98 Å². The summed E-state index contributed by atoms with van der Waals surface area (Å²) in [7, 11) is 0. The van der Waals surface area contributed by atoms with Gasteiger partial charge in [0.2, 0.25) is 0 Å². The Morgan fingerprint density at radius 1 is 1.06 bits per heavy atom. The summed E-state index contributed by atoms with van der Waals surface area (Å²) in [6.07, 6.45) is 5.28. The predicted molar refractivity (Wildman–Crippen MR) is 125 cm³/mol. The molecule has 0 aliphatic heterocycles. The van der Waals surface area contributed by atoms with Crippen LogP contribution in [-0.2, 0) is 6.42 Å². The number of carbonyl (C=O) groups excluding carboxylic acids is 1. The standard InChI is InChI=1S/C27H23ClN2O2/c28-20-8-4-7-19(15-20)22-11-12-25(31)23-10-9-21(16-24(22)23)32-26(17-27-29-13-14-30-27)18-5-2-1-3-6-18/h1-10,13-16,22,26H,11-12,17H2,(H,29,30)/t22?,26-/m0/s1. The van der Waals surface area contributed by atoms with Crippen molar-refractivity contribution in [3.63, 3.8) is 0 Å². The lowest BCUT2D eigenvalue weighted by Crippen LogP contribution is -2.17. The van der Waals surface area contributed by atoms with Gasteiger partial charge in [0.15, 0.2) is 5.78 Å². The number of halogens is 1. The van der Waals surface area contributed by atoms with E-state index in [1.807, 2.05) is 60.8 Å². The fourth-order valence-electron chi connectivity index (χ4n) is 4.44. The summed E-state index contributed by atoms with van der Waals surface area (Å²) in [6.45, 7) is 0. The van der Waals surface area contributed by atoms with Crippen LogP contribution in [0.15, 0.2) is 85.2 Å². The molecule has 5 heteroatoms. The van der Waals surface area contributed by atoms with E-state index >= 15 is 0 Å². The van der Waals surface area contributed by atoms with E-state index in [1.165, 1.54) is 0 Å². The third-order valence-corrected chi connectivity index (χ3v) is 6.23. The molecule has 3 aromatic carbocycles. The van der Waals surface area contributed by atoms with Gasteiger partial charge in [0.05, 0.1) is 0 Å². The number of carbonyl (C=O) groups is 1. The Morgan fingerprint density at radius 2 is 1.94 bits per heavy atom. The number of ketones is 1. The third kappa shape index (κ3) is 4.32. The molecule has 1 unspecified atom stereocenters. The first-order valence-corrected chi connectivity index (χ1v) is 11.2. The van der Waals surface area contributed by atoms with Crippen molar-refractivity contribution in [1.82, 2.24) is 9.97 Å². The lowest BCUT2D eigenvalue weighted by molar-refractivity contribution is 0.0969. The Hall–Kier alpha value is -3.37. The van der Waals surface area contributed by atoms with Gasteiger partial charge >= 0.3 is 0 Å². The molecule has 0 radical (unpaired) electrons. The van der Waals surface area contributed by atoms with Gasteiger partial charge in [-0.1, -0.05) is 54.1 Å². The zero-order valence-electron chi connectivity index (χ0n) is 17.5. The minimum absolute atomic E-state index is 0.116. The summed E-state index contributed by atoms with van der Waals surface area (Å²) < 4.78 is 6.49.